The standard InChI is InChI=1S/C14H12F2N2O/c1-9-3-5-11(19-9)8-18(2)12-6-4-10(7-17)13(15)14(12)16/h3-6H,8H2,1-2H3. The number of nitrogens with zero attached hydrogens (tertiary/aromatic N) is 2. The van der Waals surface area contributed by atoms with Gasteiger partial charge in [-0.2, -0.15) is 5.26 Å². The van der Waals surface area contributed by atoms with Gasteiger partial charge in [0, 0.05) is 7.05 Å². The van der Waals surface area contributed by atoms with Crippen molar-refractivity contribution in [1.82, 2.24) is 0 Å². The number of nitriles is 1. The van der Waals surface area contributed by atoms with Crippen molar-refractivity contribution < 1.29 is 13.2 Å². The Bertz CT molecular complexity index is 643. The molecule has 1 heterocycles. The minimum absolute atomic E-state index is 0.0885. The van der Waals surface area contributed by atoms with Crippen LogP contribution in [0.15, 0.2) is 28.7 Å². The largest absolute Gasteiger partial charge is 0.464 e. The second kappa shape index (κ2) is 5.11. The number of furan rings is 1. The van der Waals surface area contributed by atoms with E-state index in [0.29, 0.717) is 12.3 Å². The van der Waals surface area contributed by atoms with Gasteiger partial charge in [0.25, 0.3) is 0 Å². The summed E-state index contributed by atoms with van der Waals surface area (Å²) >= 11 is 0. The van der Waals surface area contributed by atoms with Gasteiger partial charge in [0.2, 0.25) is 0 Å². The van der Waals surface area contributed by atoms with Gasteiger partial charge in [-0.05, 0) is 31.2 Å². The van der Waals surface area contributed by atoms with Crippen LogP contribution in [-0.4, -0.2) is 7.05 Å². The van der Waals surface area contributed by atoms with Crippen molar-refractivity contribution >= 4 is 5.69 Å². The molecule has 0 bridgehead atoms. The number of rotatable bonds is 3. The minimum atomic E-state index is -1.12. The van der Waals surface area contributed by atoms with Crippen LogP contribution in [0.4, 0.5) is 14.5 Å². The summed E-state index contributed by atoms with van der Waals surface area (Å²) in [4.78, 5) is 1.53. The molecule has 0 saturated carbocycles. The topological polar surface area (TPSA) is 40.2 Å². The molecule has 98 valence electrons. The second-order valence-corrected chi connectivity index (χ2v) is 4.24. The lowest BCUT2D eigenvalue weighted by molar-refractivity contribution is 0.476. The van der Waals surface area contributed by atoms with Crippen molar-refractivity contribution in [2.75, 3.05) is 11.9 Å². The third-order valence-electron chi connectivity index (χ3n) is 2.78. The predicted molar refractivity (Wildman–Crippen MR) is 66.6 cm³/mol. The van der Waals surface area contributed by atoms with E-state index in [2.05, 4.69) is 0 Å². The van der Waals surface area contributed by atoms with Gasteiger partial charge in [0.15, 0.2) is 11.6 Å². The summed E-state index contributed by atoms with van der Waals surface area (Å²) in [5, 5.41) is 8.63. The fourth-order valence-corrected chi connectivity index (χ4v) is 1.81. The summed E-state index contributed by atoms with van der Waals surface area (Å²) in [6, 6.07) is 7.83. The molecule has 5 heteroatoms. The highest BCUT2D eigenvalue weighted by Gasteiger charge is 2.16. The molecule has 1 aromatic carbocycles. The van der Waals surface area contributed by atoms with Crippen molar-refractivity contribution in [3.8, 4) is 6.07 Å². The first-order valence-electron chi connectivity index (χ1n) is 5.67. The molecule has 3 nitrogen and oxygen atoms in total. The van der Waals surface area contributed by atoms with E-state index < -0.39 is 11.6 Å². The number of hydrogen-bond donors (Lipinski definition) is 0. The summed E-state index contributed by atoms with van der Waals surface area (Å²) in [6.07, 6.45) is 0. The van der Waals surface area contributed by atoms with Gasteiger partial charge in [-0.3, -0.25) is 0 Å². The van der Waals surface area contributed by atoms with Crippen LogP contribution in [0.2, 0.25) is 0 Å². The first-order valence-corrected chi connectivity index (χ1v) is 5.67. The van der Waals surface area contributed by atoms with E-state index in [4.69, 9.17) is 9.68 Å². The normalized spacial score (nSPS) is 10.3. The molecule has 2 aromatic rings. The number of halogens is 2. The number of anilines is 1. The number of hydrogen-bond acceptors (Lipinski definition) is 3. The molecule has 19 heavy (non-hydrogen) atoms. The molecule has 0 fully saturated rings. The maximum absolute atomic E-state index is 13.8. The van der Waals surface area contributed by atoms with E-state index in [1.54, 1.807) is 25.2 Å². The zero-order chi connectivity index (χ0) is 14.0. The molecule has 0 unspecified atom stereocenters. The lowest BCUT2D eigenvalue weighted by Gasteiger charge is -2.19. The Morgan fingerprint density at radius 3 is 2.53 bits per heavy atom. The summed E-state index contributed by atoms with van der Waals surface area (Å²) in [7, 11) is 1.63. The molecule has 0 aliphatic carbocycles. The molecule has 0 atom stereocenters. The van der Waals surface area contributed by atoms with Crippen LogP contribution in [0.5, 0.6) is 0 Å². The van der Waals surface area contributed by atoms with Crippen LogP contribution < -0.4 is 4.90 Å². The second-order valence-electron chi connectivity index (χ2n) is 4.24. The predicted octanol–water partition coefficient (Wildman–Crippen LogP) is 3.37. The van der Waals surface area contributed by atoms with Crippen LogP contribution in [0, 0.1) is 29.9 Å². The lowest BCUT2D eigenvalue weighted by Crippen LogP contribution is -2.18. The third-order valence-corrected chi connectivity index (χ3v) is 2.78. The molecule has 0 aliphatic rings. The van der Waals surface area contributed by atoms with Gasteiger partial charge >= 0.3 is 0 Å². The highest BCUT2D eigenvalue weighted by atomic mass is 19.2. The van der Waals surface area contributed by atoms with Gasteiger partial charge in [-0.1, -0.05) is 0 Å². The van der Waals surface area contributed by atoms with Crippen molar-refractivity contribution in [2.45, 2.75) is 13.5 Å². The van der Waals surface area contributed by atoms with Crippen LogP contribution >= 0.6 is 0 Å². The lowest BCUT2D eigenvalue weighted by atomic mass is 10.2. The van der Waals surface area contributed by atoms with Crippen LogP contribution in [0.1, 0.15) is 17.1 Å². The van der Waals surface area contributed by atoms with Gasteiger partial charge in [-0.25, -0.2) is 8.78 Å². The van der Waals surface area contributed by atoms with Gasteiger partial charge < -0.3 is 9.32 Å². The molecule has 0 amide bonds. The molecule has 0 N–H and O–H groups in total. The van der Waals surface area contributed by atoms with E-state index in [0.717, 1.165) is 5.76 Å². The summed E-state index contributed by atoms with van der Waals surface area (Å²) < 4.78 is 32.7. The molecule has 0 saturated heterocycles. The Balaban J connectivity index is 2.27. The fraction of sp³-hybridized carbons (Fsp3) is 0.214. The monoisotopic (exact) mass is 262 g/mol. The summed E-state index contributed by atoms with van der Waals surface area (Å²) in [5.74, 6) is -0.730. The molecule has 0 radical (unpaired) electrons. The molecule has 2 rings (SSSR count). The van der Waals surface area contributed by atoms with E-state index in [-0.39, 0.29) is 11.3 Å². The van der Waals surface area contributed by atoms with Crippen molar-refractivity contribution in [2.24, 2.45) is 0 Å². The zero-order valence-corrected chi connectivity index (χ0v) is 10.6. The van der Waals surface area contributed by atoms with Crippen LogP contribution in [-0.2, 0) is 6.54 Å². The van der Waals surface area contributed by atoms with E-state index in [1.165, 1.54) is 17.0 Å². The van der Waals surface area contributed by atoms with Crippen molar-refractivity contribution in [1.29, 1.82) is 5.26 Å². The molecule has 0 spiro atoms. The highest BCUT2D eigenvalue weighted by Crippen LogP contribution is 2.24. The summed E-state index contributed by atoms with van der Waals surface area (Å²) in [6.45, 7) is 2.13. The average Bonchev–Trinajstić information content (AvgIpc) is 2.78. The SMILES string of the molecule is Cc1ccc(CN(C)c2ccc(C#N)c(F)c2F)o1. The smallest absolute Gasteiger partial charge is 0.183 e. The quantitative estimate of drug-likeness (QED) is 0.851. The first-order chi connectivity index (χ1) is 9.02. The average molecular weight is 262 g/mol. The van der Waals surface area contributed by atoms with E-state index in [9.17, 15) is 8.78 Å². The highest BCUT2D eigenvalue weighted by molar-refractivity contribution is 5.51. The number of aryl methyl sites for hydroxylation is 1. The Morgan fingerprint density at radius 2 is 1.95 bits per heavy atom. The van der Waals surface area contributed by atoms with E-state index >= 15 is 0 Å². The molecule has 1 aromatic heterocycles. The molecule has 0 aliphatic heterocycles. The molecular formula is C14H12F2N2O. The molecular weight excluding hydrogens is 250 g/mol. The van der Waals surface area contributed by atoms with Crippen LogP contribution in [0.25, 0.3) is 0 Å². The maximum atomic E-state index is 13.8. The maximum Gasteiger partial charge on any atom is 0.183 e. The Morgan fingerprint density at radius 1 is 1.21 bits per heavy atom. The minimum Gasteiger partial charge on any atom is -0.464 e. The fourth-order valence-electron chi connectivity index (χ4n) is 1.81. The third kappa shape index (κ3) is 2.58. The van der Waals surface area contributed by atoms with E-state index in [1.807, 2.05) is 6.92 Å². The van der Waals surface area contributed by atoms with Crippen LogP contribution in [0.3, 0.4) is 0 Å². The Labute approximate surface area is 109 Å². The van der Waals surface area contributed by atoms with Crippen molar-refractivity contribution in [3.05, 3.63) is 53.0 Å². The van der Waals surface area contributed by atoms with Gasteiger partial charge in [-0.15, -0.1) is 0 Å². The first kappa shape index (κ1) is 13.1. The van der Waals surface area contributed by atoms with Gasteiger partial charge in [0.1, 0.15) is 17.6 Å². The Hall–Kier alpha value is -2.35. The zero-order valence-electron chi connectivity index (χ0n) is 10.6. The van der Waals surface area contributed by atoms with Gasteiger partial charge in [0.05, 0.1) is 17.8 Å². The summed E-state index contributed by atoms with van der Waals surface area (Å²) in [5.41, 5.74) is -0.214. The number of benzene rings is 1. The van der Waals surface area contributed by atoms with Crippen molar-refractivity contribution in [3.63, 3.8) is 0 Å². The Kier molecular flexibility index (Phi) is 3.52.